The molecule has 0 aromatic heterocycles. The second-order valence-corrected chi connectivity index (χ2v) is 5.96. The van der Waals surface area contributed by atoms with Crippen molar-refractivity contribution < 1.29 is 5.11 Å². The van der Waals surface area contributed by atoms with Crippen LogP contribution >= 0.6 is 12.6 Å². The van der Waals surface area contributed by atoms with E-state index in [1.54, 1.807) is 0 Å². The van der Waals surface area contributed by atoms with Gasteiger partial charge in [-0.05, 0) is 45.7 Å². The van der Waals surface area contributed by atoms with Crippen LogP contribution in [0.25, 0.3) is 0 Å². The van der Waals surface area contributed by atoms with Gasteiger partial charge in [0, 0.05) is 11.8 Å². The van der Waals surface area contributed by atoms with Crippen LogP contribution in [0.1, 0.15) is 33.6 Å². The normalized spacial score (nSPS) is 23.8. The summed E-state index contributed by atoms with van der Waals surface area (Å²) < 4.78 is 0. The highest BCUT2D eigenvalue weighted by atomic mass is 32.1. The molecule has 14 heavy (non-hydrogen) atoms. The highest BCUT2D eigenvalue weighted by Gasteiger charge is 2.30. The Morgan fingerprint density at radius 2 is 1.93 bits per heavy atom. The lowest BCUT2D eigenvalue weighted by Crippen LogP contribution is -2.43. The smallest absolute Gasteiger partial charge is 0.0620 e. The lowest BCUT2D eigenvalue weighted by molar-refractivity contribution is -0.0122. The third-order valence-corrected chi connectivity index (χ3v) is 3.27. The van der Waals surface area contributed by atoms with Crippen LogP contribution in [0.5, 0.6) is 0 Å². The first-order valence-corrected chi connectivity index (χ1v) is 6.04. The summed E-state index contributed by atoms with van der Waals surface area (Å²) in [6.45, 7) is 9.27. The lowest BCUT2D eigenvalue weighted by atomic mass is 9.83. The Bertz CT molecular complexity index is 169. The van der Waals surface area contributed by atoms with Crippen LogP contribution in [-0.4, -0.2) is 40.5 Å². The second-order valence-electron chi connectivity index (χ2n) is 5.08. The highest BCUT2D eigenvalue weighted by molar-refractivity contribution is 7.80. The van der Waals surface area contributed by atoms with Crippen LogP contribution in [0.3, 0.4) is 0 Å². The minimum Gasteiger partial charge on any atom is -0.390 e. The van der Waals surface area contributed by atoms with E-state index in [0.717, 1.165) is 32.5 Å². The number of nitrogens with zero attached hydrogens (tertiary/aromatic N) is 1. The Morgan fingerprint density at radius 3 is 2.29 bits per heavy atom. The summed E-state index contributed by atoms with van der Waals surface area (Å²) >= 11 is 4.40. The van der Waals surface area contributed by atoms with Gasteiger partial charge in [0.2, 0.25) is 0 Å². The summed E-state index contributed by atoms with van der Waals surface area (Å²) in [5, 5.41) is 10.3. The first kappa shape index (κ1) is 12.3. The van der Waals surface area contributed by atoms with Gasteiger partial charge in [0.1, 0.15) is 0 Å². The van der Waals surface area contributed by atoms with Gasteiger partial charge in [0.25, 0.3) is 0 Å². The fraction of sp³-hybridized carbons (Fsp3) is 1.00. The minimum absolute atomic E-state index is 0.452. The maximum absolute atomic E-state index is 9.88. The SMILES string of the molecule is CC(S)CN1CCC(C(C)(C)O)CC1. The van der Waals surface area contributed by atoms with E-state index >= 15 is 0 Å². The van der Waals surface area contributed by atoms with Crippen LogP contribution in [0.15, 0.2) is 0 Å². The van der Waals surface area contributed by atoms with Crippen molar-refractivity contribution in [3.05, 3.63) is 0 Å². The van der Waals surface area contributed by atoms with Gasteiger partial charge in [-0.2, -0.15) is 12.6 Å². The Hall–Kier alpha value is 0.270. The largest absolute Gasteiger partial charge is 0.390 e. The van der Waals surface area contributed by atoms with Crippen molar-refractivity contribution in [3.8, 4) is 0 Å². The van der Waals surface area contributed by atoms with Crippen LogP contribution in [0, 0.1) is 5.92 Å². The molecule has 0 amide bonds. The average molecular weight is 217 g/mol. The molecule has 1 rings (SSSR count). The molecule has 1 N–H and O–H groups in total. The van der Waals surface area contributed by atoms with Gasteiger partial charge in [-0.3, -0.25) is 0 Å². The van der Waals surface area contributed by atoms with Gasteiger partial charge in [0.05, 0.1) is 5.60 Å². The molecule has 1 fully saturated rings. The summed E-state index contributed by atoms with van der Waals surface area (Å²) in [5.41, 5.74) is -0.501. The zero-order chi connectivity index (χ0) is 10.8. The molecule has 0 radical (unpaired) electrons. The Labute approximate surface area is 93.1 Å². The highest BCUT2D eigenvalue weighted by Crippen LogP contribution is 2.27. The fourth-order valence-corrected chi connectivity index (χ4v) is 2.43. The zero-order valence-electron chi connectivity index (χ0n) is 9.53. The molecule has 0 bridgehead atoms. The maximum atomic E-state index is 9.88. The van der Waals surface area contributed by atoms with Crippen molar-refractivity contribution in [1.82, 2.24) is 4.90 Å². The van der Waals surface area contributed by atoms with Gasteiger partial charge in [-0.25, -0.2) is 0 Å². The van der Waals surface area contributed by atoms with Gasteiger partial charge in [-0.15, -0.1) is 0 Å². The summed E-state index contributed by atoms with van der Waals surface area (Å²) in [4.78, 5) is 2.44. The first-order chi connectivity index (χ1) is 6.39. The predicted molar refractivity (Wildman–Crippen MR) is 63.9 cm³/mol. The molecule has 1 unspecified atom stereocenters. The van der Waals surface area contributed by atoms with Gasteiger partial charge < -0.3 is 10.0 Å². The summed E-state index contributed by atoms with van der Waals surface area (Å²) in [6, 6.07) is 0. The van der Waals surface area contributed by atoms with Crippen molar-refractivity contribution in [2.24, 2.45) is 5.92 Å². The van der Waals surface area contributed by atoms with Gasteiger partial charge in [0.15, 0.2) is 0 Å². The van der Waals surface area contributed by atoms with E-state index < -0.39 is 5.60 Å². The van der Waals surface area contributed by atoms with Gasteiger partial charge in [-0.1, -0.05) is 6.92 Å². The summed E-state index contributed by atoms with van der Waals surface area (Å²) in [5.74, 6) is 0.467. The minimum atomic E-state index is -0.501. The Balaban J connectivity index is 2.31. The number of rotatable bonds is 3. The molecule has 0 aromatic rings. The zero-order valence-corrected chi connectivity index (χ0v) is 10.4. The standard InChI is InChI=1S/C11H23NOS/c1-9(14)8-12-6-4-10(5-7-12)11(2,3)13/h9-10,13-14H,4-8H2,1-3H3. The Kier molecular flexibility index (Phi) is 4.29. The average Bonchev–Trinajstić information content (AvgIpc) is 2.02. The molecule has 1 saturated heterocycles. The first-order valence-electron chi connectivity index (χ1n) is 5.52. The van der Waals surface area contributed by atoms with E-state index in [9.17, 15) is 5.11 Å². The number of hydrogen-bond donors (Lipinski definition) is 2. The van der Waals surface area contributed by atoms with Crippen LogP contribution in [-0.2, 0) is 0 Å². The maximum Gasteiger partial charge on any atom is 0.0620 e. The molecule has 0 saturated carbocycles. The molecule has 2 nitrogen and oxygen atoms in total. The number of thiol groups is 1. The van der Waals surface area contributed by atoms with Gasteiger partial charge >= 0.3 is 0 Å². The van der Waals surface area contributed by atoms with Crippen LogP contribution in [0.2, 0.25) is 0 Å². The van der Waals surface area contributed by atoms with E-state index in [4.69, 9.17) is 0 Å². The number of hydrogen-bond acceptors (Lipinski definition) is 3. The third kappa shape index (κ3) is 3.79. The topological polar surface area (TPSA) is 23.5 Å². The van der Waals surface area contributed by atoms with Crippen molar-refractivity contribution in [1.29, 1.82) is 0 Å². The van der Waals surface area contributed by atoms with E-state index in [1.165, 1.54) is 0 Å². The lowest BCUT2D eigenvalue weighted by Gasteiger charge is -2.38. The third-order valence-electron chi connectivity index (χ3n) is 3.11. The fourth-order valence-electron chi connectivity index (χ4n) is 2.20. The van der Waals surface area contributed by atoms with Crippen molar-refractivity contribution in [3.63, 3.8) is 0 Å². The molecule has 1 aliphatic rings. The molecule has 0 spiro atoms. The van der Waals surface area contributed by atoms with Crippen LogP contribution < -0.4 is 0 Å². The number of piperidine rings is 1. The molecular weight excluding hydrogens is 194 g/mol. The van der Waals surface area contributed by atoms with E-state index in [2.05, 4.69) is 24.5 Å². The molecule has 84 valence electrons. The van der Waals surface area contributed by atoms with Crippen molar-refractivity contribution in [2.45, 2.75) is 44.5 Å². The molecule has 0 aromatic carbocycles. The van der Waals surface area contributed by atoms with Crippen molar-refractivity contribution >= 4 is 12.6 Å². The monoisotopic (exact) mass is 217 g/mol. The molecule has 1 heterocycles. The quantitative estimate of drug-likeness (QED) is 0.704. The number of likely N-dealkylation sites (tertiary alicyclic amines) is 1. The van der Waals surface area contributed by atoms with E-state index in [-0.39, 0.29) is 0 Å². The van der Waals surface area contributed by atoms with E-state index in [0.29, 0.717) is 11.2 Å². The molecule has 3 heteroatoms. The number of aliphatic hydroxyl groups is 1. The van der Waals surface area contributed by atoms with Crippen LogP contribution in [0.4, 0.5) is 0 Å². The Morgan fingerprint density at radius 1 is 1.43 bits per heavy atom. The molecule has 1 atom stereocenters. The molecule has 0 aliphatic carbocycles. The summed E-state index contributed by atoms with van der Waals surface area (Å²) in [7, 11) is 0. The van der Waals surface area contributed by atoms with Crippen molar-refractivity contribution in [2.75, 3.05) is 19.6 Å². The van der Waals surface area contributed by atoms with E-state index in [1.807, 2.05) is 13.8 Å². The molecular formula is C11H23NOS. The predicted octanol–water partition coefficient (Wildman–Crippen LogP) is 1.79. The summed E-state index contributed by atoms with van der Waals surface area (Å²) in [6.07, 6.45) is 2.23. The molecule has 1 aliphatic heterocycles. The second kappa shape index (κ2) is 4.86.